The van der Waals surface area contributed by atoms with Gasteiger partial charge in [-0.15, -0.1) is 11.3 Å². The average Bonchev–Trinajstić information content (AvgIpc) is 2.75. The van der Waals surface area contributed by atoms with Crippen molar-refractivity contribution >= 4 is 11.3 Å². The Kier molecular flexibility index (Phi) is 2.14. The average molecular weight is 193 g/mol. The largest absolute Gasteiger partial charge is 0.270 e. The lowest BCUT2D eigenvalue weighted by Crippen LogP contribution is -2.00. The van der Waals surface area contributed by atoms with E-state index in [0.717, 1.165) is 10.6 Å². The van der Waals surface area contributed by atoms with E-state index in [2.05, 4.69) is 23.9 Å². The van der Waals surface area contributed by atoms with Crippen LogP contribution in [-0.4, -0.2) is 14.8 Å². The molecule has 0 spiro atoms. The van der Waals surface area contributed by atoms with Gasteiger partial charge in [-0.05, 0) is 19.9 Å². The zero-order chi connectivity index (χ0) is 9.26. The van der Waals surface area contributed by atoms with Gasteiger partial charge >= 0.3 is 0 Å². The Labute approximate surface area is 81.1 Å². The van der Waals surface area contributed by atoms with Crippen molar-refractivity contribution < 1.29 is 0 Å². The minimum Gasteiger partial charge on any atom is -0.270 e. The fraction of sp³-hybridized carbons (Fsp3) is 0.333. The molecule has 2 heterocycles. The Balaban J connectivity index is 2.33. The van der Waals surface area contributed by atoms with Gasteiger partial charge in [0.05, 0.1) is 10.4 Å². The highest BCUT2D eigenvalue weighted by Crippen LogP contribution is 2.21. The summed E-state index contributed by atoms with van der Waals surface area (Å²) in [4.78, 5) is 5.15. The van der Waals surface area contributed by atoms with Crippen LogP contribution in [0.15, 0.2) is 24.0 Å². The smallest absolute Gasteiger partial charge is 0.104 e. The zero-order valence-electron chi connectivity index (χ0n) is 7.64. The number of thiazole rings is 1. The molecule has 0 amide bonds. The molecular weight excluding hydrogens is 182 g/mol. The molecule has 2 aromatic rings. The van der Waals surface area contributed by atoms with Crippen LogP contribution in [0.2, 0.25) is 0 Å². The molecule has 0 aliphatic rings. The predicted molar refractivity (Wildman–Crippen MR) is 53.7 cm³/mol. The van der Waals surface area contributed by atoms with Crippen molar-refractivity contribution in [1.29, 1.82) is 0 Å². The first-order chi connectivity index (χ1) is 6.27. The lowest BCUT2D eigenvalue weighted by molar-refractivity contribution is 0.534. The summed E-state index contributed by atoms with van der Waals surface area (Å²) in [7, 11) is 0. The maximum Gasteiger partial charge on any atom is 0.104 e. The molecule has 0 fully saturated rings. The summed E-state index contributed by atoms with van der Waals surface area (Å²) in [5.41, 5.74) is 2.83. The number of rotatable bonds is 2. The normalized spacial score (nSPS) is 11.0. The van der Waals surface area contributed by atoms with Crippen LogP contribution in [0.1, 0.15) is 19.9 Å². The Morgan fingerprint density at radius 3 is 2.85 bits per heavy atom. The topological polar surface area (TPSA) is 30.7 Å². The Bertz CT molecular complexity index is 375. The van der Waals surface area contributed by atoms with Crippen molar-refractivity contribution in [1.82, 2.24) is 14.8 Å². The third kappa shape index (κ3) is 1.62. The summed E-state index contributed by atoms with van der Waals surface area (Å²) in [6, 6.07) is 2.44. The number of hydrogen-bond acceptors (Lipinski definition) is 3. The Morgan fingerprint density at radius 1 is 1.46 bits per heavy atom. The molecule has 0 unspecified atom stereocenters. The molecule has 0 aliphatic carbocycles. The maximum atomic E-state index is 4.44. The molecule has 0 aliphatic heterocycles. The van der Waals surface area contributed by atoms with Gasteiger partial charge in [0.25, 0.3) is 0 Å². The van der Waals surface area contributed by atoms with Gasteiger partial charge in [0.1, 0.15) is 5.69 Å². The molecule has 0 atom stereocenters. The van der Waals surface area contributed by atoms with Gasteiger partial charge in [-0.2, -0.15) is 5.10 Å². The van der Waals surface area contributed by atoms with Crippen LogP contribution in [0.5, 0.6) is 0 Å². The molecule has 2 aromatic heterocycles. The SMILES string of the molecule is CC(C)n1ccc(-c2cncs2)n1. The number of nitrogens with zero attached hydrogens (tertiary/aromatic N) is 3. The van der Waals surface area contributed by atoms with E-state index in [1.54, 1.807) is 11.3 Å². The third-order valence-electron chi connectivity index (χ3n) is 1.82. The van der Waals surface area contributed by atoms with Crippen molar-refractivity contribution in [2.24, 2.45) is 0 Å². The summed E-state index contributed by atoms with van der Waals surface area (Å²) in [5, 5.41) is 4.44. The lowest BCUT2D eigenvalue weighted by atomic mass is 10.4. The summed E-state index contributed by atoms with van der Waals surface area (Å²) < 4.78 is 1.95. The van der Waals surface area contributed by atoms with Crippen LogP contribution in [0.25, 0.3) is 10.6 Å². The summed E-state index contributed by atoms with van der Waals surface area (Å²) in [6.07, 6.45) is 3.84. The van der Waals surface area contributed by atoms with Gasteiger partial charge in [-0.1, -0.05) is 0 Å². The molecule has 0 aromatic carbocycles. The van der Waals surface area contributed by atoms with Crippen molar-refractivity contribution in [3.63, 3.8) is 0 Å². The molecule has 0 radical (unpaired) electrons. The highest BCUT2D eigenvalue weighted by atomic mass is 32.1. The second-order valence-electron chi connectivity index (χ2n) is 3.14. The minimum absolute atomic E-state index is 0.418. The molecular formula is C9H11N3S. The number of aromatic nitrogens is 3. The van der Waals surface area contributed by atoms with Gasteiger partial charge in [0.15, 0.2) is 0 Å². The monoisotopic (exact) mass is 193 g/mol. The quantitative estimate of drug-likeness (QED) is 0.734. The third-order valence-corrected chi connectivity index (χ3v) is 2.62. The molecule has 0 saturated heterocycles. The van der Waals surface area contributed by atoms with Gasteiger partial charge in [0, 0.05) is 18.4 Å². The minimum atomic E-state index is 0.418. The highest BCUT2D eigenvalue weighted by Gasteiger charge is 2.04. The molecule has 4 heteroatoms. The van der Waals surface area contributed by atoms with E-state index in [9.17, 15) is 0 Å². The molecule has 68 valence electrons. The Morgan fingerprint density at radius 2 is 2.31 bits per heavy atom. The highest BCUT2D eigenvalue weighted by molar-refractivity contribution is 7.13. The van der Waals surface area contributed by atoms with Crippen LogP contribution in [-0.2, 0) is 0 Å². The van der Waals surface area contributed by atoms with Crippen LogP contribution in [0, 0.1) is 0 Å². The van der Waals surface area contributed by atoms with Crippen LogP contribution in [0.3, 0.4) is 0 Å². The van der Waals surface area contributed by atoms with Crippen molar-refractivity contribution in [3.8, 4) is 10.6 Å². The van der Waals surface area contributed by atoms with Gasteiger partial charge in [0.2, 0.25) is 0 Å². The maximum absolute atomic E-state index is 4.44. The summed E-state index contributed by atoms with van der Waals surface area (Å²) >= 11 is 1.61. The molecule has 13 heavy (non-hydrogen) atoms. The van der Waals surface area contributed by atoms with Crippen LogP contribution in [0.4, 0.5) is 0 Å². The van der Waals surface area contributed by atoms with Crippen LogP contribution >= 0.6 is 11.3 Å². The fourth-order valence-corrected chi connectivity index (χ4v) is 1.69. The first kappa shape index (κ1) is 8.44. The number of hydrogen-bond donors (Lipinski definition) is 0. The van der Waals surface area contributed by atoms with E-state index in [1.165, 1.54) is 0 Å². The van der Waals surface area contributed by atoms with E-state index in [4.69, 9.17) is 0 Å². The summed E-state index contributed by atoms with van der Waals surface area (Å²) in [5.74, 6) is 0. The summed E-state index contributed by atoms with van der Waals surface area (Å²) in [6.45, 7) is 4.23. The van der Waals surface area contributed by atoms with Crippen LogP contribution < -0.4 is 0 Å². The molecule has 3 nitrogen and oxygen atoms in total. The Hall–Kier alpha value is -1.16. The van der Waals surface area contributed by atoms with Crippen molar-refractivity contribution in [2.45, 2.75) is 19.9 Å². The van der Waals surface area contributed by atoms with Gasteiger partial charge < -0.3 is 0 Å². The standard InChI is InChI=1S/C9H11N3S/c1-7(2)12-4-3-8(11-12)9-5-10-6-13-9/h3-7H,1-2H3. The zero-order valence-corrected chi connectivity index (χ0v) is 8.45. The van der Waals surface area contributed by atoms with Gasteiger partial charge in [-0.3, -0.25) is 9.67 Å². The van der Waals surface area contributed by atoms with E-state index in [1.807, 2.05) is 28.7 Å². The predicted octanol–water partition coefficient (Wildman–Crippen LogP) is 2.59. The fourth-order valence-electron chi connectivity index (χ4n) is 1.10. The van der Waals surface area contributed by atoms with Crippen molar-refractivity contribution in [3.05, 3.63) is 24.0 Å². The van der Waals surface area contributed by atoms with E-state index < -0.39 is 0 Å². The first-order valence-electron chi connectivity index (χ1n) is 4.21. The molecule has 0 saturated carbocycles. The molecule has 2 rings (SSSR count). The second kappa shape index (κ2) is 3.30. The first-order valence-corrected chi connectivity index (χ1v) is 5.09. The van der Waals surface area contributed by atoms with E-state index >= 15 is 0 Å². The lowest BCUT2D eigenvalue weighted by Gasteiger charge is -2.02. The molecule has 0 N–H and O–H groups in total. The van der Waals surface area contributed by atoms with E-state index in [-0.39, 0.29) is 0 Å². The van der Waals surface area contributed by atoms with Crippen molar-refractivity contribution in [2.75, 3.05) is 0 Å². The van der Waals surface area contributed by atoms with Gasteiger partial charge in [-0.25, -0.2) is 0 Å². The second-order valence-corrected chi connectivity index (χ2v) is 4.03. The molecule has 0 bridgehead atoms. The van der Waals surface area contributed by atoms with E-state index in [0.29, 0.717) is 6.04 Å².